The van der Waals surface area contributed by atoms with Crippen molar-refractivity contribution in [1.29, 1.82) is 0 Å². The van der Waals surface area contributed by atoms with E-state index in [4.69, 9.17) is 4.63 Å². The van der Waals surface area contributed by atoms with Gasteiger partial charge < -0.3 is 10.6 Å². The third kappa shape index (κ3) is 3.61. The molecule has 0 aliphatic carbocycles. The first kappa shape index (κ1) is 17.5. The highest BCUT2D eigenvalue weighted by molar-refractivity contribution is 5.99. The Hall–Kier alpha value is -3.94. The van der Waals surface area contributed by atoms with Gasteiger partial charge in [-0.3, -0.25) is 10.1 Å². The summed E-state index contributed by atoms with van der Waals surface area (Å²) in [5.74, 6) is 0. The number of nitrogens with one attached hydrogen (secondary N) is 2. The van der Waals surface area contributed by atoms with Crippen LogP contribution >= 0.6 is 0 Å². The zero-order valence-electron chi connectivity index (χ0n) is 14.8. The summed E-state index contributed by atoms with van der Waals surface area (Å²) in [5, 5.41) is 25.7. The highest BCUT2D eigenvalue weighted by atomic mass is 16.6. The lowest BCUT2D eigenvalue weighted by atomic mass is 10.1. The van der Waals surface area contributed by atoms with E-state index < -0.39 is 4.92 Å². The Labute approximate surface area is 160 Å². The summed E-state index contributed by atoms with van der Waals surface area (Å²) in [6.45, 7) is 0.981. The second kappa shape index (κ2) is 7.75. The van der Waals surface area contributed by atoms with Gasteiger partial charge in [0.25, 0.3) is 0 Å². The van der Waals surface area contributed by atoms with Crippen LogP contribution in [0.4, 0.5) is 17.1 Å². The van der Waals surface area contributed by atoms with Crippen LogP contribution in [0.2, 0.25) is 0 Å². The molecule has 0 unspecified atom stereocenters. The van der Waals surface area contributed by atoms with E-state index in [1.807, 2.05) is 60.7 Å². The standard InChI is InChI=1S/C20H17N5O3/c26-25(27)20-17(22-13-15-9-5-2-6-10-15)11-16(18-19(20)24-28-23-18)21-12-14-7-3-1-4-8-14/h1-11,21-22H,12-13H2. The molecule has 4 aromatic rings. The molecule has 0 radical (unpaired) electrons. The van der Waals surface area contributed by atoms with Crippen LogP contribution in [0.5, 0.6) is 0 Å². The molecule has 0 amide bonds. The Morgan fingerprint density at radius 1 is 0.821 bits per heavy atom. The number of hydrogen-bond acceptors (Lipinski definition) is 7. The lowest BCUT2D eigenvalue weighted by Gasteiger charge is -2.11. The Bertz CT molecular complexity index is 1100. The Morgan fingerprint density at radius 3 is 1.93 bits per heavy atom. The van der Waals surface area contributed by atoms with Crippen LogP contribution in [0.3, 0.4) is 0 Å². The quantitative estimate of drug-likeness (QED) is 0.365. The van der Waals surface area contributed by atoms with Crippen molar-refractivity contribution in [2.24, 2.45) is 0 Å². The molecule has 1 heterocycles. The summed E-state index contributed by atoms with van der Waals surface area (Å²) in [6.07, 6.45) is 0. The maximum Gasteiger partial charge on any atom is 0.323 e. The highest BCUT2D eigenvalue weighted by Crippen LogP contribution is 2.37. The molecule has 0 bridgehead atoms. The normalized spacial score (nSPS) is 10.7. The van der Waals surface area contributed by atoms with Gasteiger partial charge in [0.15, 0.2) is 5.52 Å². The molecule has 2 N–H and O–H groups in total. The largest absolute Gasteiger partial charge is 0.379 e. The summed E-state index contributed by atoms with van der Waals surface area (Å²) in [7, 11) is 0. The molecule has 4 rings (SSSR count). The van der Waals surface area contributed by atoms with E-state index in [2.05, 4.69) is 20.9 Å². The summed E-state index contributed by atoms with van der Waals surface area (Å²) in [4.78, 5) is 11.2. The Kier molecular flexibility index (Phi) is 4.83. The maximum absolute atomic E-state index is 11.7. The minimum atomic E-state index is -0.471. The van der Waals surface area contributed by atoms with Crippen LogP contribution in [-0.2, 0) is 13.1 Å². The first-order chi connectivity index (χ1) is 13.7. The van der Waals surface area contributed by atoms with Gasteiger partial charge >= 0.3 is 5.69 Å². The molecular formula is C20H17N5O3. The van der Waals surface area contributed by atoms with Gasteiger partial charge in [0.2, 0.25) is 5.52 Å². The van der Waals surface area contributed by atoms with Crippen molar-refractivity contribution in [1.82, 2.24) is 10.3 Å². The number of rotatable bonds is 7. The summed E-state index contributed by atoms with van der Waals surface area (Å²) in [5.41, 5.74) is 3.33. The smallest absolute Gasteiger partial charge is 0.323 e. The van der Waals surface area contributed by atoms with E-state index >= 15 is 0 Å². The van der Waals surface area contributed by atoms with Crippen LogP contribution in [0.25, 0.3) is 11.0 Å². The van der Waals surface area contributed by atoms with Crippen molar-refractivity contribution in [2.45, 2.75) is 13.1 Å². The predicted molar refractivity (Wildman–Crippen MR) is 106 cm³/mol. The number of anilines is 2. The number of nitro groups is 1. The SMILES string of the molecule is O=[N+]([O-])c1c(NCc2ccccc2)cc(NCc2ccccc2)c2nonc12. The van der Waals surface area contributed by atoms with Gasteiger partial charge in [-0.1, -0.05) is 60.7 Å². The van der Waals surface area contributed by atoms with E-state index in [1.165, 1.54) is 0 Å². The average Bonchev–Trinajstić information content (AvgIpc) is 3.21. The number of fused-ring (bicyclic) bond motifs is 1. The second-order valence-corrected chi connectivity index (χ2v) is 6.22. The third-order valence-electron chi connectivity index (χ3n) is 4.35. The van der Waals surface area contributed by atoms with Crippen LogP contribution in [0, 0.1) is 10.1 Å². The molecule has 0 spiro atoms. The lowest BCUT2D eigenvalue weighted by Crippen LogP contribution is -2.06. The average molecular weight is 375 g/mol. The van der Waals surface area contributed by atoms with Crippen LogP contribution in [0.1, 0.15) is 11.1 Å². The molecule has 8 nitrogen and oxygen atoms in total. The first-order valence-electron chi connectivity index (χ1n) is 8.71. The molecule has 0 aliphatic rings. The number of nitrogens with zero attached hydrogens (tertiary/aromatic N) is 3. The second-order valence-electron chi connectivity index (χ2n) is 6.22. The summed E-state index contributed by atoms with van der Waals surface area (Å²) >= 11 is 0. The lowest BCUT2D eigenvalue weighted by molar-refractivity contribution is -0.382. The van der Waals surface area contributed by atoms with Gasteiger partial charge in [0, 0.05) is 13.1 Å². The predicted octanol–water partition coefficient (Wildman–Crippen LogP) is 4.36. The Morgan fingerprint density at radius 2 is 1.36 bits per heavy atom. The fourth-order valence-corrected chi connectivity index (χ4v) is 2.97. The number of benzene rings is 3. The van der Waals surface area contributed by atoms with Crippen molar-refractivity contribution in [3.8, 4) is 0 Å². The van der Waals surface area contributed by atoms with Crippen LogP contribution in [0.15, 0.2) is 71.4 Å². The molecular weight excluding hydrogens is 358 g/mol. The number of nitro benzene ring substituents is 1. The molecule has 0 saturated heterocycles. The zero-order valence-corrected chi connectivity index (χ0v) is 14.8. The summed E-state index contributed by atoms with van der Waals surface area (Å²) in [6, 6.07) is 21.2. The van der Waals surface area contributed by atoms with Gasteiger partial charge in [-0.25, -0.2) is 4.63 Å². The van der Waals surface area contributed by atoms with Crippen molar-refractivity contribution >= 4 is 28.1 Å². The van der Waals surface area contributed by atoms with E-state index in [9.17, 15) is 10.1 Å². The molecule has 3 aromatic carbocycles. The molecule has 28 heavy (non-hydrogen) atoms. The van der Waals surface area contributed by atoms with Gasteiger partial charge in [-0.2, -0.15) is 0 Å². The van der Waals surface area contributed by atoms with E-state index in [-0.39, 0.29) is 11.2 Å². The fraction of sp³-hybridized carbons (Fsp3) is 0.100. The first-order valence-corrected chi connectivity index (χ1v) is 8.71. The molecule has 140 valence electrons. The summed E-state index contributed by atoms with van der Waals surface area (Å²) < 4.78 is 4.79. The molecule has 0 fully saturated rings. The van der Waals surface area contributed by atoms with Gasteiger partial charge in [-0.15, -0.1) is 0 Å². The number of hydrogen-bond donors (Lipinski definition) is 2. The third-order valence-corrected chi connectivity index (χ3v) is 4.35. The molecule has 0 saturated carbocycles. The number of aromatic nitrogens is 2. The maximum atomic E-state index is 11.7. The van der Waals surface area contributed by atoms with E-state index in [0.29, 0.717) is 30.0 Å². The van der Waals surface area contributed by atoms with Crippen molar-refractivity contribution in [2.75, 3.05) is 10.6 Å². The molecule has 8 heteroatoms. The molecule has 0 aliphatic heterocycles. The highest BCUT2D eigenvalue weighted by Gasteiger charge is 2.25. The minimum absolute atomic E-state index is 0.110. The van der Waals surface area contributed by atoms with Gasteiger partial charge in [0.1, 0.15) is 5.69 Å². The zero-order chi connectivity index (χ0) is 19.3. The Balaban J connectivity index is 1.68. The van der Waals surface area contributed by atoms with Crippen molar-refractivity contribution in [3.63, 3.8) is 0 Å². The van der Waals surface area contributed by atoms with Crippen LogP contribution in [-0.4, -0.2) is 15.2 Å². The van der Waals surface area contributed by atoms with Gasteiger partial charge in [0.05, 0.1) is 10.6 Å². The van der Waals surface area contributed by atoms with Crippen LogP contribution < -0.4 is 10.6 Å². The molecule has 0 atom stereocenters. The monoisotopic (exact) mass is 375 g/mol. The minimum Gasteiger partial charge on any atom is -0.379 e. The topological polar surface area (TPSA) is 106 Å². The van der Waals surface area contributed by atoms with E-state index in [1.54, 1.807) is 6.07 Å². The van der Waals surface area contributed by atoms with E-state index in [0.717, 1.165) is 11.1 Å². The van der Waals surface area contributed by atoms with Crippen molar-refractivity contribution in [3.05, 3.63) is 88.0 Å². The fourth-order valence-electron chi connectivity index (χ4n) is 2.97. The van der Waals surface area contributed by atoms with Crippen molar-refractivity contribution < 1.29 is 9.55 Å². The molecule has 1 aromatic heterocycles. The van der Waals surface area contributed by atoms with Gasteiger partial charge in [-0.05, 0) is 27.5 Å².